The van der Waals surface area contributed by atoms with Crippen molar-refractivity contribution in [3.05, 3.63) is 78.7 Å². The number of hydrogen-bond donors (Lipinski definition) is 4. The average Bonchev–Trinajstić information content (AvgIpc) is 2.91. The third kappa shape index (κ3) is 7.50. The number of nitro benzene ring substituents is 2. The molecule has 15 heteroatoms. The summed E-state index contributed by atoms with van der Waals surface area (Å²) in [6.45, 7) is 0.263. The highest BCUT2D eigenvalue weighted by atomic mass is 16.6. The number of nitrogens with two attached hydrogens (primary N) is 1. The second kappa shape index (κ2) is 13.1. The van der Waals surface area contributed by atoms with E-state index in [1.54, 1.807) is 12.1 Å². The van der Waals surface area contributed by atoms with Crippen molar-refractivity contribution in [3.8, 4) is 5.75 Å². The molecule has 0 aliphatic rings. The van der Waals surface area contributed by atoms with Gasteiger partial charge in [-0.3, -0.25) is 25.0 Å². The van der Waals surface area contributed by atoms with E-state index in [0.29, 0.717) is 29.5 Å². The number of rotatable bonds is 14. The molecule has 0 radical (unpaired) electrons. The number of unbranched alkanes of at least 4 members (excludes halogenated alkanes) is 1. The first-order valence-corrected chi connectivity index (χ1v) is 12.1. The SMILES string of the molecule is COc1ccc2c(C[C@H](NC(=O)[C@@H](N)CCCCNc3ccc([N+](=O)[O-])cc3[N+](=O)[O-])C(=O)O)cc(=O)oc2c1. The van der Waals surface area contributed by atoms with E-state index < -0.39 is 50.8 Å². The molecule has 0 aliphatic heterocycles. The van der Waals surface area contributed by atoms with Crippen LogP contribution in [0.15, 0.2) is 51.7 Å². The number of nitrogens with zero attached hydrogens (tertiary/aromatic N) is 2. The standard InChI is InChI=1S/C25H27N5O10/c1-39-16-6-7-17-14(11-23(31)40-22(17)13-16)10-20(25(33)34)28-24(32)18(26)4-2-3-9-27-19-8-5-15(29(35)36)12-21(19)30(37)38/h5-8,11-13,18,20,27H,2-4,9-10,26H2,1H3,(H,28,32)(H,33,34)/t18-,20-/m0/s1. The molecule has 3 aromatic rings. The van der Waals surface area contributed by atoms with Gasteiger partial charge >= 0.3 is 11.6 Å². The lowest BCUT2D eigenvalue weighted by atomic mass is 10.0. The number of carbonyl (C=O) groups excluding carboxylic acids is 1. The Morgan fingerprint density at radius 2 is 1.85 bits per heavy atom. The number of nitro groups is 2. The van der Waals surface area contributed by atoms with Crippen LogP contribution in [0.25, 0.3) is 11.0 Å². The maximum absolute atomic E-state index is 12.6. The minimum atomic E-state index is -1.37. The summed E-state index contributed by atoms with van der Waals surface area (Å²) in [5.41, 5.74) is 5.11. The fourth-order valence-corrected chi connectivity index (χ4v) is 3.98. The summed E-state index contributed by atoms with van der Waals surface area (Å²) in [5.74, 6) is -1.56. The lowest BCUT2D eigenvalue weighted by Gasteiger charge is -2.18. The molecule has 15 nitrogen and oxygen atoms in total. The Labute approximate surface area is 226 Å². The molecule has 2 atom stereocenters. The molecule has 1 heterocycles. The first kappa shape index (κ1) is 29.5. The largest absolute Gasteiger partial charge is 0.497 e. The molecule has 0 aliphatic carbocycles. The Morgan fingerprint density at radius 3 is 2.50 bits per heavy atom. The van der Waals surface area contributed by atoms with Gasteiger partial charge in [0.2, 0.25) is 5.91 Å². The highest BCUT2D eigenvalue weighted by Gasteiger charge is 2.25. The van der Waals surface area contributed by atoms with E-state index >= 15 is 0 Å². The van der Waals surface area contributed by atoms with Crippen LogP contribution in [0, 0.1) is 20.2 Å². The molecule has 212 valence electrons. The summed E-state index contributed by atoms with van der Waals surface area (Å²) in [7, 11) is 1.45. The third-order valence-corrected chi connectivity index (χ3v) is 6.06. The van der Waals surface area contributed by atoms with Crippen LogP contribution in [0.4, 0.5) is 17.1 Å². The zero-order chi connectivity index (χ0) is 29.4. The van der Waals surface area contributed by atoms with E-state index in [1.807, 2.05) is 0 Å². The second-order valence-electron chi connectivity index (χ2n) is 8.80. The summed E-state index contributed by atoms with van der Waals surface area (Å²) < 4.78 is 10.3. The van der Waals surface area contributed by atoms with Gasteiger partial charge in [-0.2, -0.15) is 0 Å². The van der Waals surface area contributed by atoms with Crippen molar-refractivity contribution in [2.75, 3.05) is 19.0 Å². The number of hydrogen-bond acceptors (Lipinski definition) is 11. The van der Waals surface area contributed by atoms with E-state index in [1.165, 1.54) is 25.3 Å². The van der Waals surface area contributed by atoms with Crippen LogP contribution in [-0.2, 0) is 16.0 Å². The first-order chi connectivity index (χ1) is 19.0. The number of anilines is 1. The first-order valence-electron chi connectivity index (χ1n) is 12.1. The molecule has 3 rings (SSSR count). The highest BCUT2D eigenvalue weighted by Crippen LogP contribution is 2.29. The molecule has 0 unspecified atom stereocenters. The van der Waals surface area contributed by atoms with Gasteiger partial charge in [0.1, 0.15) is 23.1 Å². The van der Waals surface area contributed by atoms with Gasteiger partial charge in [0.15, 0.2) is 0 Å². The van der Waals surface area contributed by atoms with Crippen LogP contribution in [0.3, 0.4) is 0 Å². The third-order valence-electron chi connectivity index (χ3n) is 6.06. The molecule has 1 amide bonds. The lowest BCUT2D eigenvalue weighted by molar-refractivity contribution is -0.393. The van der Waals surface area contributed by atoms with Crippen LogP contribution >= 0.6 is 0 Å². The quantitative estimate of drug-likeness (QED) is 0.0968. The minimum Gasteiger partial charge on any atom is -0.497 e. The van der Waals surface area contributed by atoms with Crippen LogP contribution in [0.5, 0.6) is 5.75 Å². The monoisotopic (exact) mass is 557 g/mol. The molecule has 1 aromatic heterocycles. The van der Waals surface area contributed by atoms with Crippen LogP contribution < -0.4 is 26.7 Å². The van der Waals surface area contributed by atoms with Crippen molar-refractivity contribution >= 4 is 39.9 Å². The maximum atomic E-state index is 12.6. The average molecular weight is 558 g/mol. The van der Waals surface area contributed by atoms with Gasteiger partial charge in [0.25, 0.3) is 11.4 Å². The number of nitrogens with one attached hydrogen (secondary N) is 2. The summed E-state index contributed by atoms with van der Waals surface area (Å²) in [5, 5.41) is 37.5. The van der Waals surface area contributed by atoms with Crippen LogP contribution in [0.2, 0.25) is 0 Å². The molecular formula is C25H27N5O10. The number of carboxylic acids is 1. The Kier molecular flexibility index (Phi) is 9.70. The smallest absolute Gasteiger partial charge is 0.336 e. The van der Waals surface area contributed by atoms with Gasteiger partial charge in [0.05, 0.1) is 29.1 Å². The molecule has 0 saturated carbocycles. The van der Waals surface area contributed by atoms with Gasteiger partial charge in [-0.1, -0.05) is 0 Å². The number of amides is 1. The Bertz CT molecular complexity index is 1490. The zero-order valence-electron chi connectivity index (χ0n) is 21.3. The zero-order valence-corrected chi connectivity index (χ0v) is 21.3. The van der Waals surface area contributed by atoms with Crippen molar-refractivity contribution in [2.45, 2.75) is 37.8 Å². The van der Waals surface area contributed by atoms with Crippen molar-refractivity contribution in [2.24, 2.45) is 5.73 Å². The van der Waals surface area contributed by atoms with E-state index in [9.17, 15) is 39.7 Å². The molecular weight excluding hydrogens is 530 g/mol. The fourth-order valence-electron chi connectivity index (χ4n) is 3.98. The number of carbonyl (C=O) groups is 2. The van der Waals surface area contributed by atoms with E-state index in [4.69, 9.17) is 14.9 Å². The number of methoxy groups -OCH3 is 1. The highest BCUT2D eigenvalue weighted by molar-refractivity contribution is 5.88. The Morgan fingerprint density at radius 1 is 1.10 bits per heavy atom. The van der Waals surface area contributed by atoms with Crippen molar-refractivity contribution < 1.29 is 33.7 Å². The van der Waals surface area contributed by atoms with Gasteiger partial charge in [-0.15, -0.1) is 0 Å². The molecule has 0 bridgehead atoms. The number of carboxylic acid groups (broad SMARTS) is 1. The summed E-state index contributed by atoms with van der Waals surface area (Å²) >= 11 is 0. The van der Waals surface area contributed by atoms with Crippen molar-refractivity contribution in [3.63, 3.8) is 0 Å². The normalized spacial score (nSPS) is 12.3. The van der Waals surface area contributed by atoms with Gasteiger partial charge < -0.3 is 30.6 Å². The number of non-ortho nitro benzene ring substituents is 1. The molecule has 0 fully saturated rings. The number of ether oxygens (including phenoxy) is 1. The lowest BCUT2D eigenvalue weighted by Crippen LogP contribution is -2.49. The number of benzene rings is 2. The van der Waals surface area contributed by atoms with Crippen molar-refractivity contribution in [1.29, 1.82) is 0 Å². The van der Waals surface area contributed by atoms with Gasteiger partial charge in [0, 0.05) is 36.6 Å². The molecule has 2 aromatic carbocycles. The van der Waals surface area contributed by atoms with Gasteiger partial charge in [-0.25, -0.2) is 9.59 Å². The molecule has 5 N–H and O–H groups in total. The summed E-state index contributed by atoms with van der Waals surface area (Å²) in [6.07, 6.45) is 0.874. The second-order valence-corrected chi connectivity index (χ2v) is 8.80. The number of fused-ring (bicyclic) bond motifs is 1. The molecule has 0 spiro atoms. The maximum Gasteiger partial charge on any atom is 0.336 e. The van der Waals surface area contributed by atoms with Crippen LogP contribution in [-0.4, -0.2) is 52.6 Å². The predicted octanol–water partition coefficient (Wildman–Crippen LogP) is 2.34. The Hall–Kier alpha value is -5.05. The van der Waals surface area contributed by atoms with E-state index in [2.05, 4.69) is 10.6 Å². The molecule has 40 heavy (non-hydrogen) atoms. The Balaban J connectivity index is 1.55. The van der Waals surface area contributed by atoms with Crippen LogP contribution in [0.1, 0.15) is 24.8 Å². The summed E-state index contributed by atoms with van der Waals surface area (Å²) in [6, 6.07) is 6.78. The topological polar surface area (TPSA) is 230 Å². The van der Waals surface area contributed by atoms with Gasteiger partial charge in [-0.05, 0) is 43.0 Å². The fraction of sp³-hybridized carbons (Fsp3) is 0.320. The van der Waals surface area contributed by atoms with Crippen molar-refractivity contribution in [1.82, 2.24) is 5.32 Å². The summed E-state index contributed by atoms with van der Waals surface area (Å²) in [4.78, 5) is 57.1. The molecule has 0 saturated heterocycles. The van der Waals surface area contributed by atoms with E-state index in [0.717, 1.165) is 12.1 Å². The predicted molar refractivity (Wildman–Crippen MR) is 142 cm³/mol. The van der Waals surface area contributed by atoms with E-state index in [-0.39, 0.29) is 30.7 Å². The number of aliphatic carboxylic acids is 1. The minimum absolute atomic E-state index is 0.114.